The van der Waals surface area contributed by atoms with E-state index >= 15 is 0 Å². The fraction of sp³-hybridized carbons (Fsp3) is 0.250. The first-order valence-electron chi connectivity index (χ1n) is 7.97. The number of rotatable bonds is 7. The van der Waals surface area contributed by atoms with Crippen LogP contribution in [-0.2, 0) is 17.8 Å². The average Bonchev–Trinajstić information content (AvgIpc) is 2.95. The first kappa shape index (κ1) is 16.9. The molecule has 2 heterocycles. The molecule has 0 amide bonds. The van der Waals surface area contributed by atoms with Gasteiger partial charge < -0.3 is 14.2 Å². The molecular formula is C20H20N2O3. The first-order valence-corrected chi connectivity index (χ1v) is 7.97. The number of benzene rings is 1. The molecule has 2 aromatic heterocycles. The Hall–Kier alpha value is -2.97. The van der Waals surface area contributed by atoms with Gasteiger partial charge >= 0.3 is 0 Å². The summed E-state index contributed by atoms with van der Waals surface area (Å²) >= 11 is 0. The highest BCUT2D eigenvalue weighted by atomic mass is 16.7. The Morgan fingerprint density at radius 3 is 2.72 bits per heavy atom. The molecule has 1 aromatic carbocycles. The molecule has 0 atom stereocenters. The lowest BCUT2D eigenvalue weighted by atomic mass is 10.2. The summed E-state index contributed by atoms with van der Waals surface area (Å²) in [6, 6.07) is 11.6. The second-order valence-electron chi connectivity index (χ2n) is 5.54. The number of ether oxygens (including phenoxy) is 3. The van der Waals surface area contributed by atoms with Crippen LogP contribution in [0.3, 0.4) is 0 Å². The fourth-order valence-electron chi connectivity index (χ4n) is 2.67. The number of terminal acetylenes is 1. The molecule has 5 nitrogen and oxygen atoms in total. The van der Waals surface area contributed by atoms with E-state index < -0.39 is 0 Å². The van der Waals surface area contributed by atoms with Crippen molar-refractivity contribution in [3.8, 4) is 23.8 Å². The molecule has 128 valence electrons. The van der Waals surface area contributed by atoms with Crippen LogP contribution in [0.2, 0.25) is 0 Å². The van der Waals surface area contributed by atoms with Gasteiger partial charge in [0, 0.05) is 18.9 Å². The maximum atomic E-state index is 6.02. The number of imidazole rings is 1. The number of hydrogen-bond donors (Lipinski definition) is 0. The van der Waals surface area contributed by atoms with E-state index in [4.69, 9.17) is 20.6 Å². The molecule has 25 heavy (non-hydrogen) atoms. The van der Waals surface area contributed by atoms with E-state index in [1.165, 1.54) is 0 Å². The topological polar surface area (TPSA) is 45.0 Å². The Kier molecular flexibility index (Phi) is 5.22. The van der Waals surface area contributed by atoms with Crippen LogP contribution in [-0.4, -0.2) is 23.3 Å². The van der Waals surface area contributed by atoms with Crippen LogP contribution in [0.4, 0.5) is 0 Å². The molecule has 0 radical (unpaired) electrons. The van der Waals surface area contributed by atoms with E-state index in [-0.39, 0.29) is 6.79 Å². The van der Waals surface area contributed by atoms with Crippen LogP contribution < -0.4 is 9.47 Å². The number of nitrogens with zero attached hydrogens (tertiary/aromatic N) is 2. The lowest BCUT2D eigenvalue weighted by molar-refractivity contribution is 0.0497. The van der Waals surface area contributed by atoms with Crippen molar-refractivity contribution < 1.29 is 14.2 Å². The van der Waals surface area contributed by atoms with Gasteiger partial charge in [0.05, 0.1) is 17.8 Å². The van der Waals surface area contributed by atoms with Gasteiger partial charge in [-0.1, -0.05) is 18.2 Å². The standard InChI is InChI=1S/C20H20N2O3/c1-4-8-17-15(2)21-20-19(11-7-12-22(17)20)24-13-16-9-5-6-10-18(16)25-14-23-3/h1,5-7,9-12H,8,13-14H2,2-3H3. The second kappa shape index (κ2) is 7.73. The van der Waals surface area contributed by atoms with Crippen molar-refractivity contribution in [1.29, 1.82) is 0 Å². The minimum Gasteiger partial charge on any atom is -0.485 e. The zero-order valence-electron chi connectivity index (χ0n) is 14.4. The van der Waals surface area contributed by atoms with E-state index in [9.17, 15) is 0 Å². The number of para-hydroxylation sites is 1. The second-order valence-corrected chi connectivity index (χ2v) is 5.54. The van der Waals surface area contributed by atoms with Gasteiger partial charge in [-0.05, 0) is 25.1 Å². The van der Waals surface area contributed by atoms with E-state index in [0.717, 1.165) is 28.3 Å². The highest BCUT2D eigenvalue weighted by molar-refractivity contribution is 5.56. The van der Waals surface area contributed by atoms with Gasteiger partial charge in [0.15, 0.2) is 18.2 Å². The van der Waals surface area contributed by atoms with Gasteiger partial charge in [-0.3, -0.25) is 4.40 Å². The largest absolute Gasteiger partial charge is 0.485 e. The molecule has 3 aromatic rings. The van der Waals surface area contributed by atoms with Gasteiger partial charge in [0.1, 0.15) is 12.4 Å². The third-order valence-electron chi connectivity index (χ3n) is 3.87. The summed E-state index contributed by atoms with van der Waals surface area (Å²) in [6.07, 6.45) is 7.94. The van der Waals surface area contributed by atoms with Gasteiger partial charge in [-0.15, -0.1) is 12.3 Å². The monoisotopic (exact) mass is 336 g/mol. The van der Waals surface area contributed by atoms with E-state index in [2.05, 4.69) is 10.9 Å². The molecule has 0 saturated heterocycles. The molecule has 0 aliphatic carbocycles. The smallest absolute Gasteiger partial charge is 0.188 e. The van der Waals surface area contributed by atoms with Crippen LogP contribution in [0.5, 0.6) is 11.5 Å². The molecule has 0 spiro atoms. The van der Waals surface area contributed by atoms with Gasteiger partial charge in [-0.2, -0.15) is 0 Å². The van der Waals surface area contributed by atoms with Crippen molar-refractivity contribution in [2.45, 2.75) is 20.0 Å². The minimum absolute atomic E-state index is 0.196. The number of methoxy groups -OCH3 is 1. The van der Waals surface area contributed by atoms with Crippen LogP contribution in [0.25, 0.3) is 5.65 Å². The lowest BCUT2D eigenvalue weighted by Crippen LogP contribution is -2.04. The molecular weight excluding hydrogens is 316 g/mol. The fourth-order valence-corrected chi connectivity index (χ4v) is 2.67. The van der Waals surface area contributed by atoms with Crippen LogP contribution in [0.1, 0.15) is 17.0 Å². The third kappa shape index (κ3) is 3.59. The maximum absolute atomic E-state index is 6.02. The van der Waals surface area contributed by atoms with Gasteiger partial charge in [-0.25, -0.2) is 4.98 Å². The van der Waals surface area contributed by atoms with Crippen molar-refractivity contribution in [3.05, 3.63) is 59.5 Å². The molecule has 0 aliphatic heterocycles. The summed E-state index contributed by atoms with van der Waals surface area (Å²) in [6.45, 7) is 2.52. The molecule has 0 N–H and O–H groups in total. The molecule has 0 unspecified atom stereocenters. The Morgan fingerprint density at radius 2 is 1.92 bits per heavy atom. The number of aryl methyl sites for hydroxylation is 1. The average molecular weight is 336 g/mol. The number of fused-ring (bicyclic) bond motifs is 1. The Bertz CT molecular complexity index is 909. The summed E-state index contributed by atoms with van der Waals surface area (Å²) in [5.41, 5.74) is 3.62. The van der Waals surface area contributed by atoms with Gasteiger partial charge in [0.25, 0.3) is 0 Å². The molecule has 0 aliphatic rings. The molecule has 3 rings (SSSR count). The zero-order valence-corrected chi connectivity index (χ0v) is 14.4. The summed E-state index contributed by atoms with van der Waals surface area (Å²) in [5.74, 6) is 4.12. The summed E-state index contributed by atoms with van der Waals surface area (Å²) < 4.78 is 18.5. The van der Waals surface area contributed by atoms with Crippen molar-refractivity contribution in [1.82, 2.24) is 9.38 Å². The van der Waals surface area contributed by atoms with Crippen molar-refractivity contribution >= 4 is 5.65 Å². The predicted octanol–water partition coefficient (Wildman–Crippen LogP) is 3.38. The number of hydrogen-bond acceptors (Lipinski definition) is 4. The Morgan fingerprint density at radius 1 is 1.12 bits per heavy atom. The third-order valence-corrected chi connectivity index (χ3v) is 3.87. The number of aromatic nitrogens is 2. The summed E-state index contributed by atoms with van der Waals surface area (Å²) in [4.78, 5) is 4.61. The van der Waals surface area contributed by atoms with Crippen LogP contribution >= 0.6 is 0 Å². The predicted molar refractivity (Wildman–Crippen MR) is 95.7 cm³/mol. The van der Waals surface area contributed by atoms with E-state index in [0.29, 0.717) is 18.8 Å². The maximum Gasteiger partial charge on any atom is 0.188 e. The molecule has 0 bridgehead atoms. The molecule has 0 fully saturated rings. The zero-order chi connectivity index (χ0) is 17.6. The Labute approximate surface area is 147 Å². The normalized spacial score (nSPS) is 10.6. The van der Waals surface area contributed by atoms with Crippen molar-refractivity contribution in [2.75, 3.05) is 13.9 Å². The minimum atomic E-state index is 0.196. The first-order chi connectivity index (χ1) is 12.2. The Balaban J connectivity index is 1.85. The van der Waals surface area contributed by atoms with Crippen LogP contribution in [0.15, 0.2) is 42.6 Å². The summed E-state index contributed by atoms with van der Waals surface area (Å²) in [7, 11) is 1.59. The highest BCUT2D eigenvalue weighted by Crippen LogP contribution is 2.25. The number of pyridine rings is 1. The molecule has 5 heteroatoms. The van der Waals surface area contributed by atoms with Gasteiger partial charge in [0.2, 0.25) is 0 Å². The highest BCUT2D eigenvalue weighted by Gasteiger charge is 2.12. The quantitative estimate of drug-likeness (QED) is 0.490. The van der Waals surface area contributed by atoms with E-state index in [1.807, 2.05) is 53.9 Å². The van der Waals surface area contributed by atoms with Crippen LogP contribution in [0, 0.1) is 19.3 Å². The lowest BCUT2D eigenvalue weighted by Gasteiger charge is -2.12. The SMILES string of the molecule is C#CCc1c(C)nc2c(OCc3ccccc3OCOC)cccn12. The molecule has 0 saturated carbocycles. The van der Waals surface area contributed by atoms with Crippen molar-refractivity contribution in [3.63, 3.8) is 0 Å². The van der Waals surface area contributed by atoms with E-state index in [1.54, 1.807) is 7.11 Å². The van der Waals surface area contributed by atoms with Crippen molar-refractivity contribution in [2.24, 2.45) is 0 Å². The summed E-state index contributed by atoms with van der Waals surface area (Å²) in [5, 5.41) is 0.